The highest BCUT2D eigenvalue weighted by molar-refractivity contribution is 9.10. The number of hydrogen-bond donors (Lipinski definition) is 1. The van der Waals surface area contributed by atoms with Crippen LogP contribution in [-0.4, -0.2) is 6.04 Å². The van der Waals surface area contributed by atoms with Gasteiger partial charge in [0.1, 0.15) is 17.3 Å². The molecular formula is C16H16BrClFNO. The number of benzene rings is 2. The van der Waals surface area contributed by atoms with Crippen molar-refractivity contribution in [2.75, 3.05) is 0 Å². The van der Waals surface area contributed by atoms with Crippen LogP contribution in [0, 0.1) is 5.82 Å². The van der Waals surface area contributed by atoms with Gasteiger partial charge in [0.2, 0.25) is 0 Å². The normalized spacial score (nSPS) is 11.0. The summed E-state index contributed by atoms with van der Waals surface area (Å²) in [6.45, 7) is 4.41. The van der Waals surface area contributed by atoms with E-state index in [1.54, 1.807) is 24.3 Å². The third kappa shape index (κ3) is 4.43. The van der Waals surface area contributed by atoms with Crippen LogP contribution in [0.4, 0.5) is 4.39 Å². The molecule has 1 N–H and O–H groups in total. The van der Waals surface area contributed by atoms with Gasteiger partial charge in [-0.3, -0.25) is 0 Å². The lowest BCUT2D eigenvalue weighted by Crippen LogP contribution is -2.22. The minimum atomic E-state index is -0.297. The zero-order valence-corrected chi connectivity index (χ0v) is 14.1. The smallest absolute Gasteiger partial charge is 0.146 e. The highest BCUT2D eigenvalue weighted by Crippen LogP contribution is 2.33. The molecule has 0 saturated carbocycles. The van der Waals surface area contributed by atoms with Gasteiger partial charge in [-0.1, -0.05) is 47.4 Å². The van der Waals surface area contributed by atoms with E-state index >= 15 is 0 Å². The first-order valence-corrected chi connectivity index (χ1v) is 7.78. The molecule has 2 aromatic rings. The molecule has 0 spiro atoms. The summed E-state index contributed by atoms with van der Waals surface area (Å²) in [6.07, 6.45) is 0. The van der Waals surface area contributed by atoms with Crippen molar-refractivity contribution in [1.29, 1.82) is 0 Å². The number of rotatable bonds is 5. The average molecular weight is 373 g/mol. The molecule has 0 saturated heterocycles. The molecular weight excluding hydrogens is 357 g/mol. The molecule has 0 fully saturated rings. The Hall–Kier alpha value is -1.10. The molecule has 112 valence electrons. The second-order valence-electron chi connectivity index (χ2n) is 4.93. The Morgan fingerprint density at radius 3 is 2.67 bits per heavy atom. The predicted molar refractivity (Wildman–Crippen MR) is 87.6 cm³/mol. The average Bonchev–Trinajstić information content (AvgIpc) is 2.41. The zero-order valence-electron chi connectivity index (χ0n) is 11.8. The molecule has 0 heterocycles. The topological polar surface area (TPSA) is 21.3 Å². The van der Waals surface area contributed by atoms with E-state index in [1.807, 2.05) is 19.9 Å². The van der Waals surface area contributed by atoms with Gasteiger partial charge in [0.05, 0.1) is 5.02 Å². The summed E-state index contributed by atoms with van der Waals surface area (Å²) in [7, 11) is 0. The standard InChI is InChI=1S/C16H16BrClFNO/c1-10(2)20-9-12-14(19)4-3-5-15(12)21-16-7-6-11(17)8-13(16)18/h3-8,10,20H,9H2,1-2H3. The highest BCUT2D eigenvalue weighted by atomic mass is 79.9. The maximum atomic E-state index is 14.0. The minimum absolute atomic E-state index is 0.258. The van der Waals surface area contributed by atoms with Gasteiger partial charge in [0, 0.05) is 22.6 Å². The fourth-order valence-corrected chi connectivity index (χ4v) is 2.50. The van der Waals surface area contributed by atoms with E-state index in [-0.39, 0.29) is 11.9 Å². The fourth-order valence-electron chi connectivity index (χ4n) is 1.79. The van der Waals surface area contributed by atoms with Crippen molar-refractivity contribution in [1.82, 2.24) is 5.32 Å². The van der Waals surface area contributed by atoms with Gasteiger partial charge in [-0.15, -0.1) is 0 Å². The van der Waals surface area contributed by atoms with Gasteiger partial charge in [-0.25, -0.2) is 4.39 Å². The van der Waals surface area contributed by atoms with Crippen LogP contribution in [0.3, 0.4) is 0 Å². The quantitative estimate of drug-likeness (QED) is 0.745. The van der Waals surface area contributed by atoms with Gasteiger partial charge in [-0.05, 0) is 30.3 Å². The number of ether oxygens (including phenoxy) is 1. The molecule has 0 amide bonds. The van der Waals surface area contributed by atoms with Crippen molar-refractivity contribution in [3.63, 3.8) is 0 Å². The van der Waals surface area contributed by atoms with Crippen molar-refractivity contribution in [2.45, 2.75) is 26.4 Å². The second-order valence-corrected chi connectivity index (χ2v) is 6.25. The molecule has 0 atom stereocenters. The van der Waals surface area contributed by atoms with Crippen molar-refractivity contribution < 1.29 is 9.13 Å². The van der Waals surface area contributed by atoms with E-state index in [2.05, 4.69) is 21.2 Å². The Bertz CT molecular complexity index is 634. The van der Waals surface area contributed by atoms with Gasteiger partial charge < -0.3 is 10.1 Å². The lowest BCUT2D eigenvalue weighted by molar-refractivity contribution is 0.457. The molecule has 2 rings (SSSR count). The predicted octanol–water partition coefficient (Wildman–Crippen LogP) is 5.53. The summed E-state index contributed by atoms with van der Waals surface area (Å²) in [5.74, 6) is 0.664. The van der Waals surface area contributed by atoms with E-state index in [9.17, 15) is 4.39 Å². The van der Waals surface area contributed by atoms with Gasteiger partial charge in [-0.2, -0.15) is 0 Å². The third-order valence-corrected chi connectivity index (χ3v) is 3.67. The van der Waals surface area contributed by atoms with Crippen LogP contribution in [0.5, 0.6) is 11.5 Å². The maximum absolute atomic E-state index is 14.0. The fraction of sp³-hybridized carbons (Fsp3) is 0.250. The van der Waals surface area contributed by atoms with E-state index in [0.29, 0.717) is 28.6 Å². The monoisotopic (exact) mass is 371 g/mol. The lowest BCUT2D eigenvalue weighted by Gasteiger charge is -2.15. The van der Waals surface area contributed by atoms with E-state index in [1.165, 1.54) is 6.07 Å². The Morgan fingerprint density at radius 2 is 2.00 bits per heavy atom. The molecule has 0 radical (unpaired) electrons. The van der Waals surface area contributed by atoms with Crippen molar-refractivity contribution in [3.8, 4) is 11.5 Å². The number of halogens is 3. The molecule has 0 aliphatic rings. The summed E-state index contributed by atoms with van der Waals surface area (Å²) < 4.78 is 20.6. The molecule has 0 aromatic heterocycles. The summed E-state index contributed by atoms with van der Waals surface area (Å²) in [5, 5.41) is 3.66. The van der Waals surface area contributed by atoms with Crippen LogP contribution in [0.15, 0.2) is 40.9 Å². The van der Waals surface area contributed by atoms with Crippen LogP contribution < -0.4 is 10.1 Å². The van der Waals surface area contributed by atoms with Crippen LogP contribution in [0.1, 0.15) is 19.4 Å². The summed E-state index contributed by atoms with van der Waals surface area (Å²) in [5.41, 5.74) is 0.491. The highest BCUT2D eigenvalue weighted by Gasteiger charge is 2.12. The second kappa shape index (κ2) is 7.25. The van der Waals surface area contributed by atoms with E-state index in [4.69, 9.17) is 16.3 Å². The molecule has 0 bridgehead atoms. The van der Waals surface area contributed by atoms with E-state index in [0.717, 1.165) is 4.47 Å². The molecule has 21 heavy (non-hydrogen) atoms. The SMILES string of the molecule is CC(C)NCc1c(F)cccc1Oc1ccc(Br)cc1Cl. The first-order chi connectivity index (χ1) is 9.97. The largest absolute Gasteiger partial charge is 0.455 e. The van der Waals surface area contributed by atoms with Crippen LogP contribution >= 0.6 is 27.5 Å². The van der Waals surface area contributed by atoms with Crippen molar-refractivity contribution in [3.05, 3.63) is 57.3 Å². The Balaban J connectivity index is 2.28. The summed E-state index contributed by atoms with van der Waals surface area (Å²) >= 11 is 9.47. The number of hydrogen-bond acceptors (Lipinski definition) is 2. The molecule has 5 heteroatoms. The van der Waals surface area contributed by atoms with Gasteiger partial charge in [0.25, 0.3) is 0 Å². The van der Waals surface area contributed by atoms with Crippen LogP contribution in [0.2, 0.25) is 5.02 Å². The first-order valence-electron chi connectivity index (χ1n) is 6.61. The zero-order chi connectivity index (χ0) is 15.4. The van der Waals surface area contributed by atoms with Gasteiger partial charge >= 0.3 is 0 Å². The van der Waals surface area contributed by atoms with Crippen molar-refractivity contribution >= 4 is 27.5 Å². The molecule has 2 nitrogen and oxygen atoms in total. The third-order valence-electron chi connectivity index (χ3n) is 2.88. The summed E-state index contributed by atoms with van der Waals surface area (Å²) in [6, 6.07) is 10.3. The van der Waals surface area contributed by atoms with Crippen LogP contribution in [-0.2, 0) is 6.54 Å². The minimum Gasteiger partial charge on any atom is -0.455 e. The molecule has 0 unspecified atom stereocenters. The molecule has 0 aliphatic heterocycles. The Labute approximate surface area is 137 Å². The van der Waals surface area contributed by atoms with E-state index < -0.39 is 0 Å². The molecule has 2 aromatic carbocycles. The Morgan fingerprint density at radius 1 is 1.24 bits per heavy atom. The Kier molecular flexibility index (Phi) is 5.62. The lowest BCUT2D eigenvalue weighted by atomic mass is 10.1. The van der Waals surface area contributed by atoms with Crippen LogP contribution in [0.25, 0.3) is 0 Å². The molecule has 0 aliphatic carbocycles. The van der Waals surface area contributed by atoms with Gasteiger partial charge in [0.15, 0.2) is 0 Å². The number of nitrogens with one attached hydrogen (secondary N) is 1. The van der Waals surface area contributed by atoms with Crippen molar-refractivity contribution in [2.24, 2.45) is 0 Å². The first kappa shape index (κ1) is 16.3. The summed E-state index contributed by atoms with van der Waals surface area (Å²) in [4.78, 5) is 0. The maximum Gasteiger partial charge on any atom is 0.146 e.